The third-order valence-corrected chi connectivity index (χ3v) is 7.83. The van der Waals surface area contributed by atoms with Crippen molar-refractivity contribution in [3.8, 4) is 0 Å². The molecule has 0 aliphatic heterocycles. The molecule has 0 fully saturated rings. The van der Waals surface area contributed by atoms with Crippen LogP contribution in [0.4, 0.5) is 0 Å². The highest BCUT2D eigenvalue weighted by atomic mass is 31.1. The summed E-state index contributed by atoms with van der Waals surface area (Å²) < 4.78 is 0. The maximum atomic E-state index is 2.41. The van der Waals surface area contributed by atoms with Crippen LogP contribution < -0.4 is 5.30 Å². The van der Waals surface area contributed by atoms with Crippen LogP contribution in [0.2, 0.25) is 0 Å². The van der Waals surface area contributed by atoms with Gasteiger partial charge in [0.15, 0.2) is 0 Å². The van der Waals surface area contributed by atoms with E-state index < -0.39 is 0 Å². The fraction of sp³-hybridized carbons (Fsp3) is 0.700. The van der Waals surface area contributed by atoms with Crippen molar-refractivity contribution in [3.05, 3.63) is 30.3 Å². The van der Waals surface area contributed by atoms with Crippen LogP contribution in [0.15, 0.2) is 30.3 Å². The molecular formula is C20H35P. The Morgan fingerprint density at radius 2 is 1.05 bits per heavy atom. The van der Waals surface area contributed by atoms with Crippen molar-refractivity contribution in [2.24, 2.45) is 0 Å². The standard InChI is InChI=1S/C20H35P/c1-5-12-18(13-6-2)21(19(14-7-3)15-8-4)20-16-10-9-11-17-20/h9-11,16-19H,5-8,12-15H2,1-4H3. The zero-order valence-corrected chi connectivity index (χ0v) is 15.5. The minimum atomic E-state index is -0.00617. The van der Waals surface area contributed by atoms with Crippen LogP contribution in [-0.4, -0.2) is 11.3 Å². The van der Waals surface area contributed by atoms with Gasteiger partial charge in [-0.3, -0.25) is 0 Å². The van der Waals surface area contributed by atoms with Crippen molar-refractivity contribution in [1.82, 2.24) is 0 Å². The highest BCUT2D eigenvalue weighted by Crippen LogP contribution is 2.52. The fourth-order valence-electron chi connectivity index (χ4n) is 3.50. The number of rotatable bonds is 11. The lowest BCUT2D eigenvalue weighted by Gasteiger charge is -2.35. The molecule has 0 aromatic heterocycles. The van der Waals surface area contributed by atoms with E-state index in [1.54, 1.807) is 5.30 Å². The molecule has 0 nitrogen and oxygen atoms in total. The summed E-state index contributed by atoms with van der Waals surface area (Å²) in [7, 11) is -0.00617. The summed E-state index contributed by atoms with van der Waals surface area (Å²) in [5.74, 6) is 0. The summed E-state index contributed by atoms with van der Waals surface area (Å²) in [5, 5.41) is 1.66. The quantitative estimate of drug-likeness (QED) is 0.397. The van der Waals surface area contributed by atoms with Gasteiger partial charge in [-0.05, 0) is 42.3 Å². The summed E-state index contributed by atoms with van der Waals surface area (Å²) >= 11 is 0. The van der Waals surface area contributed by atoms with Gasteiger partial charge in [0, 0.05) is 0 Å². The van der Waals surface area contributed by atoms with Crippen LogP contribution >= 0.6 is 7.92 Å². The molecule has 0 aliphatic carbocycles. The van der Waals surface area contributed by atoms with Gasteiger partial charge in [0.05, 0.1) is 0 Å². The molecule has 120 valence electrons. The van der Waals surface area contributed by atoms with Crippen LogP contribution in [0.1, 0.15) is 79.1 Å². The lowest BCUT2D eigenvalue weighted by molar-refractivity contribution is 0.628. The van der Waals surface area contributed by atoms with Gasteiger partial charge in [0.1, 0.15) is 0 Å². The van der Waals surface area contributed by atoms with Gasteiger partial charge in [-0.25, -0.2) is 0 Å². The molecule has 0 aliphatic rings. The summed E-state index contributed by atoms with van der Waals surface area (Å²) in [6.45, 7) is 9.43. The molecule has 0 heterocycles. The van der Waals surface area contributed by atoms with Gasteiger partial charge >= 0.3 is 0 Å². The summed E-state index contributed by atoms with van der Waals surface area (Å²) in [6.07, 6.45) is 11.0. The van der Waals surface area contributed by atoms with E-state index in [0.717, 1.165) is 11.3 Å². The van der Waals surface area contributed by atoms with Gasteiger partial charge in [-0.15, -0.1) is 0 Å². The average molecular weight is 306 g/mol. The fourth-order valence-corrected chi connectivity index (χ4v) is 7.60. The van der Waals surface area contributed by atoms with E-state index in [0.29, 0.717) is 0 Å². The Bertz CT molecular complexity index is 318. The lowest BCUT2D eigenvalue weighted by Crippen LogP contribution is -2.23. The molecule has 1 aromatic carbocycles. The second-order valence-electron chi connectivity index (χ2n) is 6.21. The van der Waals surface area contributed by atoms with Crippen LogP contribution in [0.25, 0.3) is 0 Å². The van der Waals surface area contributed by atoms with E-state index in [-0.39, 0.29) is 7.92 Å². The first-order valence-electron chi connectivity index (χ1n) is 9.11. The van der Waals surface area contributed by atoms with Crippen molar-refractivity contribution >= 4 is 13.2 Å². The Kier molecular flexibility index (Phi) is 10.0. The predicted molar refractivity (Wildman–Crippen MR) is 100 cm³/mol. The van der Waals surface area contributed by atoms with Gasteiger partial charge in [-0.1, -0.05) is 91.6 Å². The Morgan fingerprint density at radius 3 is 1.38 bits per heavy atom. The minimum absolute atomic E-state index is 0.00617. The molecule has 1 aromatic rings. The number of benzene rings is 1. The van der Waals surface area contributed by atoms with Crippen LogP contribution in [-0.2, 0) is 0 Å². The topological polar surface area (TPSA) is 0 Å². The second kappa shape index (κ2) is 11.2. The molecule has 0 saturated heterocycles. The number of hydrogen-bond acceptors (Lipinski definition) is 0. The first kappa shape index (κ1) is 18.7. The lowest BCUT2D eigenvalue weighted by atomic mass is 10.1. The van der Waals surface area contributed by atoms with Gasteiger partial charge in [-0.2, -0.15) is 0 Å². The van der Waals surface area contributed by atoms with Crippen molar-refractivity contribution in [3.63, 3.8) is 0 Å². The molecule has 1 heteroatoms. The van der Waals surface area contributed by atoms with Gasteiger partial charge < -0.3 is 0 Å². The maximum absolute atomic E-state index is 2.41. The monoisotopic (exact) mass is 306 g/mol. The molecule has 0 spiro atoms. The largest absolute Gasteiger partial charge is 0.0690 e. The van der Waals surface area contributed by atoms with Crippen molar-refractivity contribution in [2.75, 3.05) is 0 Å². The molecule has 1 rings (SSSR count). The first-order chi connectivity index (χ1) is 10.3. The van der Waals surface area contributed by atoms with Crippen molar-refractivity contribution in [2.45, 2.75) is 90.4 Å². The van der Waals surface area contributed by atoms with Crippen molar-refractivity contribution in [1.29, 1.82) is 0 Å². The van der Waals surface area contributed by atoms with E-state index >= 15 is 0 Å². The average Bonchev–Trinajstić information content (AvgIpc) is 2.49. The Hall–Kier alpha value is -0.350. The molecule has 0 amide bonds. The Balaban J connectivity index is 3.06. The van der Waals surface area contributed by atoms with Crippen LogP contribution in [0.3, 0.4) is 0 Å². The summed E-state index contributed by atoms with van der Waals surface area (Å²) in [4.78, 5) is 0. The molecule has 0 unspecified atom stereocenters. The SMILES string of the molecule is CCCC(CCC)P(c1ccccc1)C(CCC)CCC. The maximum Gasteiger partial charge on any atom is -0.0167 e. The smallest absolute Gasteiger partial charge is 0.0167 e. The zero-order valence-electron chi connectivity index (χ0n) is 14.6. The third kappa shape index (κ3) is 6.11. The Labute approximate surface area is 134 Å². The minimum Gasteiger partial charge on any atom is -0.0690 e. The number of hydrogen-bond donors (Lipinski definition) is 0. The Morgan fingerprint density at radius 1 is 0.667 bits per heavy atom. The van der Waals surface area contributed by atoms with E-state index in [2.05, 4.69) is 58.0 Å². The van der Waals surface area contributed by atoms with Gasteiger partial charge in [0.2, 0.25) is 0 Å². The summed E-state index contributed by atoms with van der Waals surface area (Å²) in [5.41, 5.74) is 1.86. The van der Waals surface area contributed by atoms with Crippen molar-refractivity contribution < 1.29 is 0 Å². The molecule has 21 heavy (non-hydrogen) atoms. The van der Waals surface area contributed by atoms with E-state index in [1.165, 1.54) is 51.4 Å². The first-order valence-corrected chi connectivity index (χ1v) is 10.6. The van der Waals surface area contributed by atoms with Crippen LogP contribution in [0.5, 0.6) is 0 Å². The zero-order chi connectivity index (χ0) is 15.5. The van der Waals surface area contributed by atoms with Crippen LogP contribution in [0, 0.1) is 0 Å². The van der Waals surface area contributed by atoms with E-state index in [1.807, 2.05) is 0 Å². The summed E-state index contributed by atoms with van der Waals surface area (Å²) in [6, 6.07) is 11.5. The molecule has 0 radical (unpaired) electrons. The molecular weight excluding hydrogens is 271 g/mol. The molecule has 0 N–H and O–H groups in total. The normalized spacial score (nSPS) is 11.8. The molecule has 0 bridgehead atoms. The second-order valence-corrected chi connectivity index (χ2v) is 9.00. The third-order valence-electron chi connectivity index (χ3n) is 4.33. The molecule has 0 saturated carbocycles. The van der Waals surface area contributed by atoms with Gasteiger partial charge in [0.25, 0.3) is 0 Å². The van der Waals surface area contributed by atoms with E-state index in [4.69, 9.17) is 0 Å². The highest BCUT2D eigenvalue weighted by Gasteiger charge is 2.28. The highest BCUT2D eigenvalue weighted by molar-refractivity contribution is 7.67. The molecule has 0 atom stereocenters. The van der Waals surface area contributed by atoms with E-state index in [9.17, 15) is 0 Å². The predicted octanol–water partition coefficient (Wildman–Crippen LogP) is 6.73.